The van der Waals surface area contributed by atoms with Gasteiger partial charge in [0.1, 0.15) is 0 Å². The summed E-state index contributed by atoms with van der Waals surface area (Å²) >= 11 is 2.33. The number of anilines is 1. The summed E-state index contributed by atoms with van der Waals surface area (Å²) < 4.78 is 3.46. The Morgan fingerprint density at radius 3 is 2.71 bits per heavy atom. The number of hydrogen-bond donors (Lipinski definition) is 1. The molecule has 3 nitrogen and oxygen atoms in total. The molecule has 21 heavy (non-hydrogen) atoms. The zero-order valence-corrected chi connectivity index (χ0v) is 15.1. The van der Waals surface area contributed by atoms with Crippen molar-refractivity contribution in [1.29, 1.82) is 0 Å². The molecule has 0 aliphatic heterocycles. The molecule has 1 heterocycles. The van der Waals surface area contributed by atoms with Gasteiger partial charge in [-0.2, -0.15) is 0 Å². The fourth-order valence-electron chi connectivity index (χ4n) is 4.04. The van der Waals surface area contributed by atoms with Crippen LogP contribution in [0.25, 0.3) is 11.0 Å². The van der Waals surface area contributed by atoms with Crippen LogP contribution in [0.1, 0.15) is 46.0 Å². The minimum absolute atomic E-state index is 0.416. The molecule has 1 saturated carbocycles. The van der Waals surface area contributed by atoms with Crippen molar-refractivity contribution in [2.75, 3.05) is 5.73 Å². The Morgan fingerprint density at radius 1 is 1.33 bits per heavy atom. The predicted molar refractivity (Wildman–Crippen MR) is 97.2 cm³/mol. The fourth-order valence-corrected chi connectivity index (χ4v) is 4.52. The number of nitrogens with zero attached hydrogens (tertiary/aromatic N) is 2. The average molecular weight is 397 g/mol. The maximum Gasteiger partial charge on any atom is 0.201 e. The molecule has 1 aliphatic carbocycles. The Balaban J connectivity index is 1.98. The van der Waals surface area contributed by atoms with Gasteiger partial charge in [-0.15, -0.1) is 0 Å². The Labute approximate surface area is 140 Å². The first kappa shape index (κ1) is 15.1. The van der Waals surface area contributed by atoms with Gasteiger partial charge in [0.05, 0.1) is 11.0 Å². The van der Waals surface area contributed by atoms with Crippen molar-refractivity contribution in [2.24, 2.45) is 11.3 Å². The molecule has 0 amide bonds. The van der Waals surface area contributed by atoms with Crippen LogP contribution in [0.5, 0.6) is 0 Å². The van der Waals surface area contributed by atoms with Crippen molar-refractivity contribution in [3.8, 4) is 0 Å². The zero-order valence-electron chi connectivity index (χ0n) is 12.9. The largest absolute Gasteiger partial charge is 0.369 e. The lowest BCUT2D eigenvalue weighted by atomic mass is 9.78. The number of nitrogen functional groups attached to an aromatic ring is 1. The second kappa shape index (κ2) is 5.78. The van der Waals surface area contributed by atoms with Gasteiger partial charge in [0.25, 0.3) is 0 Å². The summed E-state index contributed by atoms with van der Waals surface area (Å²) in [6.45, 7) is 5.68. The molecule has 0 unspecified atom stereocenters. The molecular formula is C17H24IN3. The number of hydrogen-bond acceptors (Lipinski definition) is 2. The van der Waals surface area contributed by atoms with Gasteiger partial charge in [0.15, 0.2) is 0 Å². The van der Waals surface area contributed by atoms with Gasteiger partial charge < -0.3 is 10.3 Å². The highest BCUT2D eigenvalue weighted by Gasteiger charge is 2.35. The number of rotatable bonds is 4. The predicted octanol–water partition coefficient (Wildman–Crippen LogP) is 4.83. The molecule has 2 aromatic rings. The average Bonchev–Trinajstić information content (AvgIpc) is 2.95. The fraction of sp³-hybridized carbons (Fsp3) is 0.588. The monoisotopic (exact) mass is 397 g/mol. The lowest BCUT2D eigenvalue weighted by Gasteiger charge is -2.32. The van der Waals surface area contributed by atoms with E-state index in [1.165, 1.54) is 41.2 Å². The third kappa shape index (κ3) is 3.05. The molecule has 0 radical (unpaired) electrons. The van der Waals surface area contributed by atoms with Gasteiger partial charge >= 0.3 is 0 Å². The van der Waals surface area contributed by atoms with E-state index in [0.717, 1.165) is 18.0 Å². The van der Waals surface area contributed by atoms with E-state index in [0.29, 0.717) is 11.4 Å². The molecule has 4 heteroatoms. The topological polar surface area (TPSA) is 43.8 Å². The van der Waals surface area contributed by atoms with Gasteiger partial charge in [-0.25, -0.2) is 4.98 Å². The Morgan fingerprint density at radius 2 is 2.05 bits per heavy atom. The van der Waals surface area contributed by atoms with Gasteiger partial charge in [-0.1, -0.05) is 26.7 Å². The van der Waals surface area contributed by atoms with Crippen molar-refractivity contribution < 1.29 is 0 Å². The van der Waals surface area contributed by atoms with Crippen molar-refractivity contribution >= 4 is 39.6 Å². The summed E-state index contributed by atoms with van der Waals surface area (Å²) in [7, 11) is 0. The zero-order chi connectivity index (χ0) is 15.0. The summed E-state index contributed by atoms with van der Waals surface area (Å²) in [6.07, 6.45) is 6.66. The van der Waals surface area contributed by atoms with Crippen LogP contribution >= 0.6 is 22.6 Å². The van der Waals surface area contributed by atoms with Crippen molar-refractivity contribution in [3.05, 3.63) is 21.8 Å². The third-order valence-corrected chi connectivity index (χ3v) is 5.41. The van der Waals surface area contributed by atoms with Gasteiger partial charge in [-0.05, 0) is 71.4 Å². The minimum atomic E-state index is 0.416. The van der Waals surface area contributed by atoms with Crippen LogP contribution in [-0.2, 0) is 6.54 Å². The van der Waals surface area contributed by atoms with Crippen LogP contribution in [0.15, 0.2) is 18.2 Å². The number of fused-ring (bicyclic) bond motifs is 1. The summed E-state index contributed by atoms with van der Waals surface area (Å²) in [5.41, 5.74) is 8.84. The highest BCUT2D eigenvalue weighted by molar-refractivity contribution is 14.1. The summed E-state index contributed by atoms with van der Waals surface area (Å²) in [6, 6.07) is 6.43. The van der Waals surface area contributed by atoms with Crippen LogP contribution in [0, 0.1) is 14.9 Å². The number of halogens is 1. The van der Waals surface area contributed by atoms with Crippen molar-refractivity contribution in [2.45, 2.75) is 52.5 Å². The molecule has 2 N–H and O–H groups in total. The lowest BCUT2D eigenvalue weighted by Crippen LogP contribution is -2.26. The summed E-state index contributed by atoms with van der Waals surface area (Å²) in [5.74, 6) is 1.40. The normalized spacial score (nSPS) is 17.9. The second-order valence-electron chi connectivity index (χ2n) is 6.99. The van der Waals surface area contributed by atoms with Crippen molar-refractivity contribution in [3.63, 3.8) is 0 Å². The van der Waals surface area contributed by atoms with E-state index < -0.39 is 0 Å². The smallest absolute Gasteiger partial charge is 0.201 e. The second-order valence-corrected chi connectivity index (χ2v) is 8.24. The Bertz CT molecular complexity index is 639. The maximum atomic E-state index is 6.22. The molecule has 0 saturated heterocycles. The van der Waals surface area contributed by atoms with E-state index in [9.17, 15) is 0 Å². The third-order valence-electron chi connectivity index (χ3n) is 4.74. The van der Waals surface area contributed by atoms with Crippen molar-refractivity contribution in [1.82, 2.24) is 9.55 Å². The molecular weight excluding hydrogens is 373 g/mol. The SMILES string of the molecule is CC(C)CC1(Cn2c(N)nc3cc(I)ccc32)CCCC1. The van der Waals surface area contributed by atoms with Crippen LogP contribution in [0.2, 0.25) is 0 Å². The molecule has 1 fully saturated rings. The summed E-state index contributed by atoms with van der Waals surface area (Å²) in [5, 5.41) is 0. The van der Waals surface area contributed by atoms with E-state index in [4.69, 9.17) is 5.73 Å². The maximum absolute atomic E-state index is 6.22. The van der Waals surface area contributed by atoms with Gasteiger partial charge in [0.2, 0.25) is 5.95 Å². The first-order valence-electron chi connectivity index (χ1n) is 7.90. The number of nitrogens with two attached hydrogens (primary N) is 1. The molecule has 1 aromatic heterocycles. The molecule has 1 aromatic carbocycles. The molecule has 0 atom stereocenters. The van der Waals surface area contributed by atoms with Crippen LogP contribution < -0.4 is 5.73 Å². The molecule has 114 valence electrons. The molecule has 0 spiro atoms. The first-order valence-corrected chi connectivity index (χ1v) is 8.98. The van der Waals surface area contributed by atoms with Gasteiger partial charge in [0, 0.05) is 10.1 Å². The Hall–Kier alpha value is -0.780. The van der Waals surface area contributed by atoms with E-state index in [2.05, 4.69) is 64.2 Å². The van der Waals surface area contributed by atoms with Crippen LogP contribution in [0.4, 0.5) is 5.95 Å². The number of benzene rings is 1. The van der Waals surface area contributed by atoms with Crippen LogP contribution in [0.3, 0.4) is 0 Å². The van der Waals surface area contributed by atoms with Crippen LogP contribution in [-0.4, -0.2) is 9.55 Å². The minimum Gasteiger partial charge on any atom is -0.369 e. The molecule has 0 bridgehead atoms. The lowest BCUT2D eigenvalue weighted by molar-refractivity contribution is 0.200. The molecule has 3 rings (SSSR count). The number of aromatic nitrogens is 2. The highest BCUT2D eigenvalue weighted by Crippen LogP contribution is 2.45. The quantitative estimate of drug-likeness (QED) is 0.752. The molecule has 1 aliphatic rings. The number of imidazole rings is 1. The van der Waals surface area contributed by atoms with E-state index in [1.54, 1.807) is 0 Å². The summed E-state index contributed by atoms with van der Waals surface area (Å²) in [4.78, 5) is 4.56. The first-order chi connectivity index (χ1) is 9.99. The van der Waals surface area contributed by atoms with Gasteiger partial charge in [-0.3, -0.25) is 0 Å². The Kier molecular flexibility index (Phi) is 4.17. The van der Waals surface area contributed by atoms with E-state index >= 15 is 0 Å². The van der Waals surface area contributed by atoms with E-state index in [-0.39, 0.29) is 0 Å². The standard InChI is InChI=1S/C17H24IN3/c1-12(2)10-17(7-3-4-8-17)11-21-15-6-5-13(18)9-14(15)20-16(21)19/h5-6,9,12H,3-4,7-8,10-11H2,1-2H3,(H2,19,20). The van der Waals surface area contributed by atoms with E-state index in [1.807, 2.05) is 0 Å². The highest BCUT2D eigenvalue weighted by atomic mass is 127.